The maximum atomic E-state index is 10.5. The van der Waals surface area contributed by atoms with Crippen LogP contribution >= 0.6 is 0 Å². The second kappa shape index (κ2) is 9.47. The molecule has 0 aliphatic carbocycles. The highest BCUT2D eigenvalue weighted by Gasteiger charge is 2.09. The van der Waals surface area contributed by atoms with Gasteiger partial charge in [0.1, 0.15) is 0 Å². The summed E-state index contributed by atoms with van der Waals surface area (Å²) in [7, 11) is 0. The van der Waals surface area contributed by atoms with Crippen molar-refractivity contribution in [3.05, 3.63) is 0 Å². The molecule has 0 aromatic heterocycles. The zero-order valence-electron chi connectivity index (χ0n) is 8.18. The van der Waals surface area contributed by atoms with E-state index in [1.54, 1.807) is 0 Å². The van der Waals surface area contributed by atoms with Crippen molar-refractivity contribution in [3.63, 3.8) is 0 Å². The number of carbonyl (C=O) groups excluding carboxylic acids is 1. The van der Waals surface area contributed by atoms with Gasteiger partial charge in [-0.3, -0.25) is 4.79 Å². The van der Waals surface area contributed by atoms with Gasteiger partial charge in [0.2, 0.25) is 5.91 Å². The van der Waals surface area contributed by atoms with Gasteiger partial charge < -0.3 is 5.73 Å². The first kappa shape index (κ1) is 13.1. The summed E-state index contributed by atoms with van der Waals surface area (Å²) in [6, 6.07) is 0. The summed E-state index contributed by atoms with van der Waals surface area (Å²) in [6.45, 7) is 8.05. The van der Waals surface area contributed by atoms with Crippen molar-refractivity contribution >= 4 is 5.91 Å². The monoisotopic (exact) mass is 159 g/mol. The van der Waals surface area contributed by atoms with Crippen molar-refractivity contribution in [2.24, 2.45) is 11.7 Å². The number of amides is 1. The van der Waals surface area contributed by atoms with Crippen LogP contribution in [-0.2, 0) is 4.79 Å². The van der Waals surface area contributed by atoms with Crippen LogP contribution in [0.4, 0.5) is 0 Å². The smallest absolute Gasteiger partial charge is 0.220 e. The Morgan fingerprint density at radius 2 is 1.82 bits per heavy atom. The topological polar surface area (TPSA) is 43.1 Å². The van der Waals surface area contributed by atoms with Crippen LogP contribution in [0.15, 0.2) is 0 Å². The minimum absolute atomic E-state index is 0.106. The lowest BCUT2D eigenvalue weighted by Crippen LogP contribution is -2.22. The zero-order chi connectivity index (χ0) is 9.28. The third-order valence-corrected chi connectivity index (χ3v) is 1.53. The Morgan fingerprint density at radius 3 is 1.91 bits per heavy atom. The van der Waals surface area contributed by atoms with E-state index in [9.17, 15) is 4.79 Å². The van der Waals surface area contributed by atoms with Crippen LogP contribution in [0.25, 0.3) is 0 Å². The van der Waals surface area contributed by atoms with Crippen molar-refractivity contribution in [2.75, 3.05) is 0 Å². The molecule has 11 heavy (non-hydrogen) atoms. The molecule has 2 heteroatoms. The van der Waals surface area contributed by atoms with Gasteiger partial charge in [0, 0.05) is 5.92 Å². The molecular weight excluding hydrogens is 138 g/mol. The van der Waals surface area contributed by atoms with Gasteiger partial charge in [0.15, 0.2) is 0 Å². The molecule has 0 rings (SSSR count). The second-order valence-electron chi connectivity index (χ2n) is 2.30. The van der Waals surface area contributed by atoms with Crippen molar-refractivity contribution in [2.45, 2.75) is 47.0 Å². The highest BCUT2D eigenvalue weighted by atomic mass is 16.1. The minimum atomic E-state index is -0.153. The van der Waals surface area contributed by atoms with Crippen LogP contribution in [0.3, 0.4) is 0 Å². The van der Waals surface area contributed by atoms with Gasteiger partial charge >= 0.3 is 0 Å². The third kappa shape index (κ3) is 7.37. The van der Waals surface area contributed by atoms with Crippen LogP contribution in [0.2, 0.25) is 0 Å². The predicted octanol–water partition coefficient (Wildman–Crippen LogP) is 2.32. The molecular formula is C9H21NO. The van der Waals surface area contributed by atoms with Gasteiger partial charge in [0.25, 0.3) is 0 Å². The van der Waals surface area contributed by atoms with E-state index in [-0.39, 0.29) is 11.8 Å². The molecule has 68 valence electrons. The molecule has 0 spiro atoms. The first-order chi connectivity index (χ1) is 5.22. The Labute approximate surface area is 70.2 Å². The quantitative estimate of drug-likeness (QED) is 0.672. The van der Waals surface area contributed by atoms with E-state index >= 15 is 0 Å². The molecule has 0 aliphatic rings. The second-order valence-corrected chi connectivity index (χ2v) is 2.30. The van der Waals surface area contributed by atoms with Gasteiger partial charge in [0.05, 0.1) is 0 Å². The van der Waals surface area contributed by atoms with Crippen molar-refractivity contribution in [1.82, 2.24) is 0 Å². The summed E-state index contributed by atoms with van der Waals surface area (Å²) >= 11 is 0. The first-order valence-corrected chi connectivity index (χ1v) is 4.51. The fraction of sp³-hybridized carbons (Fsp3) is 0.889. The van der Waals surface area contributed by atoms with Gasteiger partial charge in [-0.05, 0) is 12.8 Å². The number of primary amides is 1. The summed E-state index contributed by atoms with van der Waals surface area (Å²) in [5, 5.41) is 0. The molecule has 0 aromatic rings. The van der Waals surface area contributed by atoms with Crippen LogP contribution in [0.1, 0.15) is 47.0 Å². The molecule has 1 unspecified atom stereocenters. The molecule has 0 heterocycles. The lowest BCUT2D eigenvalue weighted by Gasteiger charge is -2.06. The molecule has 0 radical (unpaired) electrons. The van der Waals surface area contributed by atoms with E-state index in [0.29, 0.717) is 0 Å². The van der Waals surface area contributed by atoms with E-state index in [0.717, 1.165) is 19.3 Å². The first-order valence-electron chi connectivity index (χ1n) is 4.51. The summed E-state index contributed by atoms with van der Waals surface area (Å²) in [6.07, 6.45) is 2.86. The lowest BCUT2D eigenvalue weighted by molar-refractivity contribution is -0.122. The minimum Gasteiger partial charge on any atom is -0.369 e. The number of nitrogens with two attached hydrogens (primary N) is 1. The van der Waals surface area contributed by atoms with Gasteiger partial charge in [-0.2, -0.15) is 0 Å². The van der Waals surface area contributed by atoms with Crippen molar-refractivity contribution in [1.29, 1.82) is 0 Å². The zero-order valence-corrected chi connectivity index (χ0v) is 8.18. The highest BCUT2D eigenvalue weighted by molar-refractivity contribution is 5.76. The van der Waals surface area contributed by atoms with E-state index in [2.05, 4.69) is 6.92 Å². The Bertz CT molecular complexity index is 91.6. The van der Waals surface area contributed by atoms with E-state index < -0.39 is 0 Å². The maximum Gasteiger partial charge on any atom is 0.220 e. The molecule has 0 fully saturated rings. The Balaban J connectivity index is 0. The SMILES string of the molecule is CC.CCCC(CC)C(N)=O. The normalized spacial score (nSPS) is 11.3. The summed E-state index contributed by atoms with van der Waals surface area (Å²) in [4.78, 5) is 10.5. The molecule has 0 saturated carbocycles. The largest absolute Gasteiger partial charge is 0.369 e. The summed E-state index contributed by atoms with van der Waals surface area (Å²) in [5.41, 5.74) is 5.09. The Kier molecular flexibility index (Phi) is 11.3. The average molecular weight is 159 g/mol. The molecule has 0 aliphatic heterocycles. The Hall–Kier alpha value is -0.530. The fourth-order valence-corrected chi connectivity index (χ4v) is 0.896. The third-order valence-electron chi connectivity index (χ3n) is 1.53. The molecule has 1 atom stereocenters. The molecule has 0 bridgehead atoms. The highest BCUT2D eigenvalue weighted by Crippen LogP contribution is 2.08. The van der Waals surface area contributed by atoms with Crippen LogP contribution in [-0.4, -0.2) is 5.91 Å². The van der Waals surface area contributed by atoms with Gasteiger partial charge in [-0.15, -0.1) is 0 Å². The molecule has 0 aromatic carbocycles. The predicted molar refractivity (Wildman–Crippen MR) is 49.2 cm³/mol. The summed E-state index contributed by atoms with van der Waals surface area (Å²) in [5.74, 6) is -0.0469. The number of hydrogen-bond acceptors (Lipinski definition) is 1. The van der Waals surface area contributed by atoms with Crippen LogP contribution in [0, 0.1) is 5.92 Å². The van der Waals surface area contributed by atoms with Crippen molar-refractivity contribution < 1.29 is 4.79 Å². The number of rotatable bonds is 4. The molecule has 1 amide bonds. The number of hydrogen-bond donors (Lipinski definition) is 1. The number of carbonyl (C=O) groups is 1. The lowest BCUT2D eigenvalue weighted by atomic mass is 10.0. The average Bonchev–Trinajstić information content (AvgIpc) is 2.03. The molecule has 2 N–H and O–H groups in total. The summed E-state index contributed by atoms with van der Waals surface area (Å²) < 4.78 is 0. The van der Waals surface area contributed by atoms with E-state index in [4.69, 9.17) is 5.73 Å². The maximum absolute atomic E-state index is 10.5. The Morgan fingerprint density at radius 1 is 1.36 bits per heavy atom. The van der Waals surface area contributed by atoms with E-state index in [1.165, 1.54) is 0 Å². The van der Waals surface area contributed by atoms with Gasteiger partial charge in [-0.1, -0.05) is 34.1 Å². The van der Waals surface area contributed by atoms with E-state index in [1.807, 2.05) is 20.8 Å². The van der Waals surface area contributed by atoms with Crippen LogP contribution in [0.5, 0.6) is 0 Å². The molecule has 0 saturated heterocycles. The van der Waals surface area contributed by atoms with Crippen LogP contribution < -0.4 is 5.73 Å². The fourth-order valence-electron chi connectivity index (χ4n) is 0.896. The van der Waals surface area contributed by atoms with Gasteiger partial charge in [-0.25, -0.2) is 0 Å². The standard InChI is InChI=1S/C7H15NO.C2H6/c1-3-5-6(4-2)7(8)9;1-2/h6H,3-5H2,1-2H3,(H2,8,9);1-2H3. The molecule has 2 nitrogen and oxygen atoms in total. The van der Waals surface area contributed by atoms with Crippen molar-refractivity contribution in [3.8, 4) is 0 Å².